The lowest BCUT2D eigenvalue weighted by molar-refractivity contribution is -0.138. The quantitative estimate of drug-likeness (QED) is 0.0255. The second-order valence-electron chi connectivity index (χ2n) is 19.2. The number of benzene rings is 2. The number of anilines is 1. The summed E-state index contributed by atoms with van der Waals surface area (Å²) >= 11 is 1.35. The summed E-state index contributed by atoms with van der Waals surface area (Å²) in [6.07, 6.45) is 11.0. The number of thioether (sulfide) groups is 1. The van der Waals surface area contributed by atoms with Gasteiger partial charge >= 0.3 is 5.97 Å². The van der Waals surface area contributed by atoms with Crippen LogP contribution in [0.25, 0.3) is 11.1 Å². The summed E-state index contributed by atoms with van der Waals surface area (Å²) in [6, 6.07) is 12.8. The number of aryl methyl sites for hydroxylation is 3. The summed E-state index contributed by atoms with van der Waals surface area (Å²) < 4.78 is 26.0. The van der Waals surface area contributed by atoms with Crippen molar-refractivity contribution >= 4 is 76.4 Å². The van der Waals surface area contributed by atoms with Gasteiger partial charge in [-0.3, -0.25) is 43.5 Å². The number of fused-ring (bicyclic) bond motifs is 2. The normalized spacial score (nSPS) is 16.5. The summed E-state index contributed by atoms with van der Waals surface area (Å²) in [4.78, 5) is 113. The Hall–Kier alpha value is -6.77. The van der Waals surface area contributed by atoms with Crippen LogP contribution in [0.3, 0.4) is 0 Å². The minimum atomic E-state index is -0.513. The lowest BCUT2D eigenvalue weighted by Crippen LogP contribution is -2.35. The molecule has 0 radical (unpaired) electrons. The lowest BCUT2D eigenvalue weighted by atomic mass is 10.0. The number of ketones is 3. The van der Waals surface area contributed by atoms with E-state index in [1.165, 1.54) is 16.7 Å². The number of hydrogen-bond acceptors (Lipinski definition) is 15. The summed E-state index contributed by atoms with van der Waals surface area (Å²) in [5.74, 6) is -0.425. The van der Waals surface area contributed by atoms with Crippen molar-refractivity contribution in [2.75, 3.05) is 57.7 Å². The molecule has 1 N–H and O–H groups in total. The third-order valence-corrected chi connectivity index (χ3v) is 14.4. The maximum Gasteiger partial charge on any atom is 0.355 e. The van der Waals surface area contributed by atoms with Crippen molar-refractivity contribution < 1.29 is 57.3 Å². The second kappa shape index (κ2) is 26.6. The first-order valence-electron chi connectivity index (χ1n) is 25.6. The molecule has 0 spiro atoms. The molecule has 75 heavy (non-hydrogen) atoms. The number of hydrogen-bond donors (Lipinski definition) is 1. The van der Waals surface area contributed by atoms with Crippen molar-refractivity contribution in [3.8, 4) is 16.9 Å². The molecule has 3 aliphatic heterocycles. The fourth-order valence-corrected chi connectivity index (χ4v) is 9.78. The smallest absolute Gasteiger partial charge is 0.355 e. The number of amides is 4. The number of imide groups is 1. The van der Waals surface area contributed by atoms with Crippen LogP contribution in [0.5, 0.6) is 5.75 Å². The third kappa shape index (κ3) is 15.2. The highest BCUT2D eigenvalue weighted by Crippen LogP contribution is 2.34. The van der Waals surface area contributed by atoms with Crippen LogP contribution in [-0.4, -0.2) is 147 Å². The van der Waals surface area contributed by atoms with E-state index < -0.39 is 12.1 Å². The lowest BCUT2D eigenvalue weighted by Gasteiger charge is -2.20. The molecule has 4 amide bonds. The number of esters is 1. The zero-order valence-electron chi connectivity index (χ0n) is 43.4. The Morgan fingerprint density at radius 3 is 2.35 bits per heavy atom. The van der Waals surface area contributed by atoms with Crippen LogP contribution in [0.15, 0.2) is 59.9 Å². The summed E-state index contributed by atoms with van der Waals surface area (Å²) in [5.41, 5.74) is 4.70. The Labute approximate surface area is 441 Å². The molecule has 0 bridgehead atoms. The number of Topliss-reactive ketones (excluding diaryl/α,β-unsaturated/α-hetero) is 3. The molecule has 7 rings (SSSR count). The number of aromatic nitrogens is 3. The van der Waals surface area contributed by atoms with Crippen molar-refractivity contribution in [1.82, 2.24) is 23.9 Å². The summed E-state index contributed by atoms with van der Waals surface area (Å²) in [5, 5.41) is 2.43. The molecule has 400 valence electrons. The van der Waals surface area contributed by atoms with Gasteiger partial charge in [0.1, 0.15) is 23.0 Å². The largest absolute Gasteiger partial charge is 0.493 e. The van der Waals surface area contributed by atoms with Crippen LogP contribution in [-0.2, 0) is 58.7 Å². The Kier molecular flexibility index (Phi) is 19.9. The number of carbonyl (C=O) groups excluding carboxylic acids is 8. The van der Waals surface area contributed by atoms with Crippen LogP contribution >= 0.6 is 11.8 Å². The van der Waals surface area contributed by atoms with Crippen molar-refractivity contribution in [2.24, 2.45) is 19.1 Å². The number of carbonyl (C=O) groups is 8. The number of likely N-dealkylation sites (tertiary alicyclic amines) is 1. The molecular weight excluding hydrogens is 983 g/mol. The number of nitrogens with one attached hydrogen (secondary N) is 1. The molecule has 2 aromatic heterocycles. The summed E-state index contributed by atoms with van der Waals surface area (Å²) in [7, 11) is 3.45. The van der Waals surface area contributed by atoms with E-state index in [9.17, 15) is 38.4 Å². The monoisotopic (exact) mass is 1050 g/mol. The highest BCUT2D eigenvalue weighted by Gasteiger charge is 2.38. The van der Waals surface area contributed by atoms with Gasteiger partial charge in [-0.05, 0) is 81.0 Å². The van der Waals surface area contributed by atoms with E-state index in [-0.39, 0.29) is 122 Å². The SMILES string of the molecule is CSC1CC(=O)N(CCC(=O)CCCOCCOCCC(=O)CC[C@@H](C)OC(=O)c2cc(-c3ccc(CC(=O)c4nc(NC(=O)CCCOc5cc6c(cc5C)C(=O)N5CCC[C@H]5C=N6)cn4C)cc3)cn2C)C1=O. The van der Waals surface area contributed by atoms with E-state index in [2.05, 4.69) is 15.3 Å². The zero-order valence-corrected chi connectivity index (χ0v) is 44.2. The van der Waals surface area contributed by atoms with Crippen molar-refractivity contribution in [1.29, 1.82) is 0 Å². The van der Waals surface area contributed by atoms with Crippen LogP contribution < -0.4 is 10.1 Å². The fourth-order valence-electron chi connectivity index (χ4n) is 9.15. The van der Waals surface area contributed by atoms with E-state index >= 15 is 0 Å². The zero-order chi connectivity index (χ0) is 53.6. The van der Waals surface area contributed by atoms with Gasteiger partial charge in [-0.2, -0.15) is 11.8 Å². The number of ether oxygens (including phenoxy) is 4. The molecule has 0 saturated carbocycles. The Morgan fingerprint density at radius 2 is 1.59 bits per heavy atom. The fraction of sp³-hybridized carbons (Fsp3) is 0.491. The van der Waals surface area contributed by atoms with Gasteiger partial charge in [0, 0.05) is 109 Å². The number of imidazole rings is 1. The molecule has 0 aliphatic carbocycles. The molecular formula is C55H67N7O12S. The number of rotatable bonds is 29. The van der Waals surface area contributed by atoms with E-state index in [1.807, 2.05) is 54.6 Å². The van der Waals surface area contributed by atoms with E-state index in [1.54, 1.807) is 54.7 Å². The van der Waals surface area contributed by atoms with E-state index in [0.717, 1.165) is 41.6 Å². The van der Waals surface area contributed by atoms with Crippen LogP contribution in [0.1, 0.15) is 120 Å². The predicted octanol–water partition coefficient (Wildman–Crippen LogP) is 6.83. The average molecular weight is 1050 g/mol. The molecule has 5 heterocycles. The van der Waals surface area contributed by atoms with Gasteiger partial charge in [0.15, 0.2) is 11.6 Å². The van der Waals surface area contributed by atoms with E-state index in [0.29, 0.717) is 68.2 Å². The van der Waals surface area contributed by atoms with Crippen LogP contribution in [0.4, 0.5) is 11.5 Å². The number of aliphatic imine (C=N–C) groups is 1. The molecule has 19 nitrogen and oxygen atoms in total. The highest BCUT2D eigenvalue weighted by atomic mass is 32.2. The second-order valence-corrected chi connectivity index (χ2v) is 20.2. The maximum absolute atomic E-state index is 13.4. The minimum absolute atomic E-state index is 0.0105. The number of nitrogens with zero attached hydrogens (tertiary/aromatic N) is 6. The Morgan fingerprint density at radius 1 is 0.840 bits per heavy atom. The molecule has 1 unspecified atom stereocenters. The van der Waals surface area contributed by atoms with Gasteiger partial charge in [0.05, 0.1) is 55.1 Å². The molecule has 3 atom stereocenters. The predicted molar refractivity (Wildman–Crippen MR) is 282 cm³/mol. The molecule has 4 aromatic rings. The van der Waals surface area contributed by atoms with Gasteiger partial charge in [0.25, 0.3) is 5.91 Å². The van der Waals surface area contributed by atoms with E-state index in [4.69, 9.17) is 18.9 Å². The van der Waals surface area contributed by atoms with Gasteiger partial charge in [-0.1, -0.05) is 24.3 Å². The average Bonchev–Trinajstić information content (AvgIpc) is 4.17. The third-order valence-electron chi connectivity index (χ3n) is 13.4. The standard InChI is InChI=1S/C55H67N7O12S/c1-35-27-43-44(56-32-40-9-6-20-61(40)53(43)68)30-47(35)73-23-8-11-50(66)57-49-34-60(4)52(58-49)46(65)28-37-13-15-38(16-14-37)39-29-45(59(3)33-39)55(70)74-36(2)12-17-42(64)19-24-72-26-25-71-22-7-10-41(63)18-21-62-51(67)31-48(75-5)54(62)69/h13-16,27,29-30,32-34,36,40,48H,6-12,17-26,28,31H2,1-5H3,(H,57,66)/t36-,40+,48?/m1/s1. The molecule has 20 heteroatoms. The Balaban J connectivity index is 0.749. The van der Waals surface area contributed by atoms with Gasteiger partial charge in [-0.15, -0.1) is 0 Å². The molecule has 3 aliphatic rings. The van der Waals surface area contributed by atoms with Crippen LogP contribution in [0, 0.1) is 6.92 Å². The first kappa shape index (κ1) is 56.0. The van der Waals surface area contributed by atoms with Gasteiger partial charge < -0.3 is 38.3 Å². The molecule has 2 fully saturated rings. The van der Waals surface area contributed by atoms with Crippen molar-refractivity contribution in [2.45, 2.75) is 108 Å². The van der Waals surface area contributed by atoms with Gasteiger partial charge in [-0.25, -0.2) is 9.78 Å². The first-order chi connectivity index (χ1) is 36.1. The van der Waals surface area contributed by atoms with Crippen LogP contribution in [0.2, 0.25) is 0 Å². The minimum Gasteiger partial charge on any atom is -0.493 e. The highest BCUT2D eigenvalue weighted by molar-refractivity contribution is 8.00. The van der Waals surface area contributed by atoms with Gasteiger partial charge in [0.2, 0.25) is 23.5 Å². The maximum atomic E-state index is 13.4. The summed E-state index contributed by atoms with van der Waals surface area (Å²) in [6.45, 7) is 5.97. The topological polar surface area (TPSA) is 227 Å². The molecule has 2 saturated heterocycles. The first-order valence-corrected chi connectivity index (χ1v) is 26.9. The molecule has 2 aromatic carbocycles. The van der Waals surface area contributed by atoms with Crippen molar-refractivity contribution in [3.05, 3.63) is 83.1 Å². The Bertz CT molecular complexity index is 2780. The van der Waals surface area contributed by atoms with Crippen molar-refractivity contribution in [3.63, 3.8) is 0 Å².